The van der Waals surface area contributed by atoms with Gasteiger partial charge in [-0.25, -0.2) is 8.78 Å². The second-order valence-electron chi connectivity index (χ2n) is 7.65. The predicted octanol–water partition coefficient (Wildman–Crippen LogP) is 6.19. The maximum absolute atomic E-state index is 13.5. The summed E-state index contributed by atoms with van der Waals surface area (Å²) in [5.74, 6) is -0.537. The van der Waals surface area contributed by atoms with Crippen molar-refractivity contribution in [2.24, 2.45) is 0 Å². The van der Waals surface area contributed by atoms with Crippen LogP contribution in [0.1, 0.15) is 66.2 Å². The lowest BCUT2D eigenvalue weighted by Gasteiger charge is -2.29. The van der Waals surface area contributed by atoms with Crippen LogP contribution < -0.4 is 0 Å². The summed E-state index contributed by atoms with van der Waals surface area (Å²) in [4.78, 5) is 0. The first-order valence-corrected chi connectivity index (χ1v) is 9.86. The van der Waals surface area contributed by atoms with E-state index < -0.39 is 11.6 Å². The van der Waals surface area contributed by atoms with Gasteiger partial charge in [-0.1, -0.05) is 24.3 Å². The molecule has 2 aliphatic carbocycles. The Morgan fingerprint density at radius 2 is 1.44 bits per heavy atom. The van der Waals surface area contributed by atoms with E-state index in [1.165, 1.54) is 54.5 Å². The lowest BCUT2D eigenvalue weighted by Crippen LogP contribution is -2.16. The van der Waals surface area contributed by atoms with Crippen LogP contribution in [0.4, 0.5) is 8.78 Å². The number of halogens is 2. The van der Waals surface area contributed by atoms with Crippen LogP contribution in [-0.4, -0.2) is 5.25 Å². The highest BCUT2D eigenvalue weighted by molar-refractivity contribution is 7.80. The van der Waals surface area contributed by atoms with E-state index in [0.29, 0.717) is 11.2 Å². The van der Waals surface area contributed by atoms with Crippen molar-refractivity contribution in [1.82, 2.24) is 0 Å². The minimum Gasteiger partial charge on any atom is -0.204 e. The SMILES string of the molecule is Fc1ccc(C2CCc3cc(C4CCC(S)CC4)ccc3C2)cc1F. The van der Waals surface area contributed by atoms with Gasteiger partial charge in [0.05, 0.1) is 0 Å². The third-order valence-electron chi connectivity index (χ3n) is 6.04. The first kappa shape index (κ1) is 17.1. The van der Waals surface area contributed by atoms with Crippen molar-refractivity contribution >= 4 is 12.6 Å². The van der Waals surface area contributed by atoms with Gasteiger partial charge in [0.1, 0.15) is 0 Å². The van der Waals surface area contributed by atoms with E-state index in [0.717, 1.165) is 24.8 Å². The summed E-state index contributed by atoms with van der Waals surface area (Å²) < 4.78 is 26.7. The van der Waals surface area contributed by atoms with Gasteiger partial charge in [0.25, 0.3) is 0 Å². The zero-order valence-corrected chi connectivity index (χ0v) is 15.2. The predicted molar refractivity (Wildman–Crippen MR) is 102 cm³/mol. The molecule has 1 atom stereocenters. The van der Waals surface area contributed by atoms with Crippen molar-refractivity contribution < 1.29 is 8.78 Å². The normalized spacial score (nSPS) is 26.3. The number of fused-ring (bicyclic) bond motifs is 1. The van der Waals surface area contributed by atoms with Crippen molar-refractivity contribution in [2.45, 2.75) is 62.0 Å². The van der Waals surface area contributed by atoms with E-state index >= 15 is 0 Å². The maximum Gasteiger partial charge on any atom is 0.159 e. The van der Waals surface area contributed by atoms with Crippen LogP contribution >= 0.6 is 12.6 Å². The molecule has 3 heteroatoms. The van der Waals surface area contributed by atoms with Gasteiger partial charge in [0, 0.05) is 5.25 Å². The lowest BCUT2D eigenvalue weighted by molar-refractivity contribution is 0.454. The van der Waals surface area contributed by atoms with Gasteiger partial charge in [0.15, 0.2) is 11.6 Å². The molecule has 2 aromatic carbocycles. The highest BCUT2D eigenvalue weighted by Gasteiger charge is 2.24. The van der Waals surface area contributed by atoms with E-state index in [-0.39, 0.29) is 5.92 Å². The second kappa shape index (κ2) is 7.11. The Morgan fingerprint density at radius 3 is 2.20 bits per heavy atom. The molecule has 0 radical (unpaired) electrons. The van der Waals surface area contributed by atoms with Crippen LogP contribution in [0.25, 0.3) is 0 Å². The molecular formula is C22H24F2S. The minimum atomic E-state index is -0.763. The molecular weight excluding hydrogens is 334 g/mol. The first-order valence-electron chi connectivity index (χ1n) is 9.35. The summed E-state index contributed by atoms with van der Waals surface area (Å²) in [7, 11) is 0. The molecule has 0 saturated heterocycles. The topological polar surface area (TPSA) is 0 Å². The summed E-state index contributed by atoms with van der Waals surface area (Å²) in [5, 5.41) is 0.575. The van der Waals surface area contributed by atoms with Crippen LogP contribution in [-0.2, 0) is 12.8 Å². The molecule has 0 bridgehead atoms. The number of thiol groups is 1. The standard InChI is InChI=1S/C22H24F2S/c23-21-10-7-19(13-22(21)24)18-4-3-16-11-15(1-2-17(16)12-18)14-5-8-20(25)9-6-14/h1-2,7,10-11,13-14,18,20,25H,3-6,8-9,12H2. The maximum atomic E-state index is 13.5. The van der Waals surface area contributed by atoms with Crippen LogP contribution in [0.15, 0.2) is 36.4 Å². The fourth-order valence-corrected chi connectivity index (χ4v) is 4.79. The number of rotatable bonds is 2. The minimum absolute atomic E-state index is 0.285. The van der Waals surface area contributed by atoms with Crippen LogP contribution in [0.2, 0.25) is 0 Å². The van der Waals surface area contributed by atoms with Crippen molar-refractivity contribution in [1.29, 1.82) is 0 Å². The summed E-state index contributed by atoms with van der Waals surface area (Å²) >= 11 is 4.60. The number of benzene rings is 2. The van der Waals surface area contributed by atoms with Gasteiger partial charge >= 0.3 is 0 Å². The van der Waals surface area contributed by atoms with Crippen molar-refractivity contribution in [2.75, 3.05) is 0 Å². The Bertz CT molecular complexity index is 763. The molecule has 2 aliphatic rings. The smallest absolute Gasteiger partial charge is 0.159 e. The Hall–Kier alpha value is -1.35. The zero-order valence-electron chi connectivity index (χ0n) is 14.3. The first-order chi connectivity index (χ1) is 12.1. The summed E-state index contributed by atoms with van der Waals surface area (Å²) in [6.07, 6.45) is 7.85. The largest absolute Gasteiger partial charge is 0.204 e. The molecule has 2 aromatic rings. The molecule has 4 rings (SSSR count). The summed E-state index contributed by atoms with van der Waals surface area (Å²) in [6, 6.07) is 11.3. The van der Waals surface area contributed by atoms with E-state index in [2.05, 4.69) is 30.8 Å². The van der Waals surface area contributed by atoms with Crippen molar-refractivity contribution in [3.05, 3.63) is 70.3 Å². The fourth-order valence-electron chi connectivity index (χ4n) is 4.49. The second-order valence-corrected chi connectivity index (χ2v) is 8.38. The number of hydrogen-bond donors (Lipinski definition) is 1. The highest BCUT2D eigenvalue weighted by Crippen LogP contribution is 2.38. The number of hydrogen-bond acceptors (Lipinski definition) is 1. The van der Waals surface area contributed by atoms with Crippen LogP contribution in [0, 0.1) is 11.6 Å². The van der Waals surface area contributed by atoms with E-state index in [9.17, 15) is 8.78 Å². The molecule has 0 amide bonds. The third-order valence-corrected chi connectivity index (χ3v) is 6.56. The molecule has 1 unspecified atom stereocenters. The monoisotopic (exact) mass is 358 g/mol. The fraction of sp³-hybridized carbons (Fsp3) is 0.455. The molecule has 0 heterocycles. The molecule has 0 aromatic heterocycles. The Kier molecular flexibility index (Phi) is 4.86. The Balaban J connectivity index is 1.51. The molecule has 0 N–H and O–H groups in total. The summed E-state index contributed by atoms with van der Waals surface area (Å²) in [5.41, 5.74) is 5.21. The molecule has 0 nitrogen and oxygen atoms in total. The molecule has 0 spiro atoms. The van der Waals surface area contributed by atoms with Crippen molar-refractivity contribution in [3.63, 3.8) is 0 Å². The van der Waals surface area contributed by atoms with Gasteiger partial charge in [-0.05, 0) is 91.2 Å². The quantitative estimate of drug-likeness (QED) is 0.608. The lowest BCUT2D eigenvalue weighted by atomic mass is 9.77. The van der Waals surface area contributed by atoms with Crippen LogP contribution in [0.3, 0.4) is 0 Å². The number of aryl methyl sites for hydroxylation is 1. The Morgan fingerprint density at radius 1 is 0.720 bits per heavy atom. The third kappa shape index (κ3) is 3.62. The average Bonchev–Trinajstić information content (AvgIpc) is 2.64. The van der Waals surface area contributed by atoms with Gasteiger partial charge < -0.3 is 0 Å². The molecule has 1 saturated carbocycles. The van der Waals surface area contributed by atoms with Crippen molar-refractivity contribution in [3.8, 4) is 0 Å². The van der Waals surface area contributed by atoms with Crippen LogP contribution in [0.5, 0.6) is 0 Å². The van der Waals surface area contributed by atoms with Gasteiger partial charge in [-0.15, -0.1) is 0 Å². The van der Waals surface area contributed by atoms with E-state index in [1.54, 1.807) is 6.07 Å². The Labute approximate surface area is 154 Å². The molecule has 25 heavy (non-hydrogen) atoms. The molecule has 132 valence electrons. The average molecular weight is 358 g/mol. The van der Waals surface area contributed by atoms with Gasteiger partial charge in [-0.2, -0.15) is 12.6 Å². The molecule has 1 fully saturated rings. The van der Waals surface area contributed by atoms with Gasteiger partial charge in [0.2, 0.25) is 0 Å². The highest BCUT2D eigenvalue weighted by atomic mass is 32.1. The van der Waals surface area contributed by atoms with E-state index in [1.807, 2.05) is 0 Å². The zero-order chi connectivity index (χ0) is 17.4. The van der Waals surface area contributed by atoms with E-state index in [4.69, 9.17) is 0 Å². The summed E-state index contributed by atoms with van der Waals surface area (Å²) in [6.45, 7) is 0. The van der Waals surface area contributed by atoms with Gasteiger partial charge in [-0.3, -0.25) is 0 Å². The molecule has 0 aliphatic heterocycles.